The Bertz CT molecular complexity index is 2130. The third-order valence-electron chi connectivity index (χ3n) is 11.6. The maximum atomic E-state index is 13.8. The third-order valence-corrected chi connectivity index (χ3v) is 12.2. The van der Waals surface area contributed by atoms with Gasteiger partial charge in [0.1, 0.15) is 17.7 Å². The summed E-state index contributed by atoms with van der Waals surface area (Å²) in [5.74, 6) is 1.82. The maximum Gasteiger partial charge on any atom is 0.407 e. The number of amides is 2. The molecule has 2 fully saturated rings. The fraction of sp³-hybridized carbons (Fsp3) is 0.422. The van der Waals surface area contributed by atoms with E-state index in [-0.39, 0.29) is 36.0 Å². The van der Waals surface area contributed by atoms with Gasteiger partial charge < -0.3 is 34.4 Å². The van der Waals surface area contributed by atoms with Crippen molar-refractivity contribution in [2.45, 2.75) is 70.2 Å². The molecule has 2 aliphatic heterocycles. The molecule has 59 heavy (non-hydrogen) atoms. The van der Waals surface area contributed by atoms with Gasteiger partial charge in [-0.2, -0.15) is 0 Å². The average molecular weight is 868 g/mol. The van der Waals surface area contributed by atoms with Crippen LogP contribution in [0.15, 0.2) is 91.3 Å². The molecule has 6 unspecified atom stereocenters. The molecule has 2 aliphatic rings. The van der Waals surface area contributed by atoms with E-state index < -0.39 is 12.1 Å². The van der Waals surface area contributed by atoms with Crippen LogP contribution < -0.4 is 9.66 Å². The Morgan fingerprint density at radius 3 is 2.00 bits per heavy atom. The Hall–Kier alpha value is -4.86. The van der Waals surface area contributed by atoms with E-state index >= 15 is 0 Å². The average Bonchev–Trinajstić information content (AvgIpc) is 4.09. The van der Waals surface area contributed by atoms with Gasteiger partial charge in [-0.15, -0.1) is 0 Å². The third kappa shape index (κ3) is 9.79. The number of nitrogens with zero attached hydrogens (tertiary/aromatic N) is 4. The van der Waals surface area contributed by atoms with Crippen molar-refractivity contribution in [1.29, 1.82) is 0 Å². The fourth-order valence-electron chi connectivity index (χ4n) is 8.42. The van der Waals surface area contributed by atoms with Gasteiger partial charge in [-0.3, -0.25) is 9.69 Å². The number of H-pyrrole nitrogens is 2. The molecule has 0 radical (unpaired) electrons. The lowest BCUT2D eigenvalue weighted by Crippen LogP contribution is -2.52. The number of ether oxygens (including phenoxy) is 3. The van der Waals surface area contributed by atoms with Crippen LogP contribution in [0.1, 0.15) is 75.4 Å². The molecule has 0 bridgehead atoms. The molecule has 0 spiro atoms. The normalized spacial score (nSPS) is 20.6. The van der Waals surface area contributed by atoms with Gasteiger partial charge in [0.2, 0.25) is 5.91 Å². The van der Waals surface area contributed by atoms with Crippen LogP contribution in [-0.2, 0) is 19.0 Å². The van der Waals surface area contributed by atoms with Crippen molar-refractivity contribution >= 4 is 28.1 Å². The van der Waals surface area contributed by atoms with Crippen molar-refractivity contribution in [3.63, 3.8) is 0 Å². The first-order chi connectivity index (χ1) is 28.7. The zero-order chi connectivity index (χ0) is 41.5. The number of likely N-dealkylation sites (tertiary alicyclic amines) is 2. The van der Waals surface area contributed by atoms with Crippen molar-refractivity contribution in [1.82, 2.24) is 39.4 Å². The van der Waals surface area contributed by atoms with Crippen molar-refractivity contribution in [2.24, 2.45) is 11.8 Å². The SMILES string of the molecule is COCC1CC(c2ncc(-c3ccc(-c4ccc(-c5cnc(C6CCC(C)N6C(=O)C(NC(=O)OC)C(C)C)[nH]5)cc4)cc3)[nH]2)N(COCC(NBr)c2ccccc2)C1. The maximum absolute atomic E-state index is 13.8. The fourth-order valence-corrected chi connectivity index (χ4v) is 8.82. The van der Waals surface area contributed by atoms with E-state index in [1.54, 1.807) is 7.11 Å². The number of carbonyl (C=O) groups is 2. The molecule has 0 saturated carbocycles. The summed E-state index contributed by atoms with van der Waals surface area (Å²) in [7, 11) is 3.06. The van der Waals surface area contributed by atoms with Gasteiger partial charge >= 0.3 is 6.09 Å². The predicted octanol–water partition coefficient (Wildman–Crippen LogP) is 8.19. The summed E-state index contributed by atoms with van der Waals surface area (Å²) in [6.45, 7) is 8.46. The number of hydrogen-bond donors (Lipinski definition) is 4. The molecule has 4 heterocycles. The zero-order valence-corrected chi connectivity index (χ0v) is 35.9. The topological polar surface area (TPSA) is 150 Å². The first-order valence-electron chi connectivity index (χ1n) is 20.4. The number of aromatic amines is 2. The van der Waals surface area contributed by atoms with Crippen LogP contribution in [0.25, 0.3) is 33.6 Å². The van der Waals surface area contributed by atoms with E-state index in [0.29, 0.717) is 25.9 Å². The second-order valence-corrected chi connectivity index (χ2v) is 16.4. The van der Waals surface area contributed by atoms with Crippen LogP contribution in [0, 0.1) is 11.8 Å². The van der Waals surface area contributed by atoms with Crippen LogP contribution in [0.4, 0.5) is 4.79 Å². The Morgan fingerprint density at radius 2 is 1.44 bits per heavy atom. The van der Waals surface area contributed by atoms with Gasteiger partial charge in [0, 0.05) is 35.8 Å². The highest BCUT2D eigenvalue weighted by Crippen LogP contribution is 2.38. The van der Waals surface area contributed by atoms with Gasteiger partial charge in [0.05, 0.1) is 69.0 Å². The summed E-state index contributed by atoms with van der Waals surface area (Å²) < 4.78 is 19.8. The Kier molecular flexibility index (Phi) is 13.9. The molecular formula is C45H55BrN8O5. The number of halogens is 1. The van der Waals surface area contributed by atoms with Gasteiger partial charge in [0.25, 0.3) is 0 Å². The summed E-state index contributed by atoms with van der Waals surface area (Å²) in [6, 6.07) is 26.4. The summed E-state index contributed by atoms with van der Waals surface area (Å²) in [4.78, 5) is 46.7. The highest BCUT2D eigenvalue weighted by atomic mass is 79.9. The van der Waals surface area contributed by atoms with Crippen LogP contribution in [-0.4, -0.2) is 94.5 Å². The van der Waals surface area contributed by atoms with Crippen LogP contribution in [0.5, 0.6) is 0 Å². The summed E-state index contributed by atoms with van der Waals surface area (Å²) in [6.07, 6.45) is 5.70. The highest BCUT2D eigenvalue weighted by molar-refractivity contribution is 9.08. The molecule has 0 aliphatic carbocycles. The lowest BCUT2D eigenvalue weighted by Gasteiger charge is -2.32. The number of carbonyl (C=O) groups excluding carboxylic acids is 2. The minimum Gasteiger partial charge on any atom is -0.453 e. The van der Waals surface area contributed by atoms with Crippen molar-refractivity contribution in [3.8, 4) is 33.6 Å². The number of alkyl carbamates (subject to hydrolysis) is 1. The summed E-state index contributed by atoms with van der Waals surface area (Å²) in [5, 5.41) is 2.73. The Balaban J connectivity index is 0.988. The quantitative estimate of drug-likeness (QED) is 0.0721. The Labute approximate surface area is 355 Å². The van der Waals surface area contributed by atoms with Gasteiger partial charge in [-0.25, -0.2) is 19.1 Å². The smallest absolute Gasteiger partial charge is 0.407 e. The lowest BCUT2D eigenvalue weighted by atomic mass is 10.0. The standard InChI is InChI=1S/C45H55BrN8O5/c1-28(2)41(51-45(56)58-5)44(55)54-29(3)11-20-39(54)42-47-22-36(49-42)34-16-12-31(13-17-34)32-14-18-35(19-15-32)37-23-48-43(50-37)40-21-30(25-57-4)24-53(40)27-59-26-38(52-46)33-9-7-6-8-10-33/h6-10,12-19,22-23,28-30,38-41,52H,11,20-21,24-27H2,1-5H3,(H,47,49)(H,48,50)(H,51,56). The number of methoxy groups -OCH3 is 2. The van der Waals surface area contributed by atoms with Crippen molar-refractivity contribution in [3.05, 3.63) is 108 Å². The van der Waals surface area contributed by atoms with Crippen LogP contribution >= 0.6 is 16.1 Å². The molecule has 2 saturated heterocycles. The monoisotopic (exact) mass is 866 g/mol. The van der Waals surface area contributed by atoms with E-state index in [1.807, 2.05) is 56.3 Å². The van der Waals surface area contributed by atoms with Crippen molar-refractivity contribution < 1.29 is 23.8 Å². The molecule has 2 aromatic heterocycles. The lowest BCUT2D eigenvalue weighted by molar-refractivity contribution is -0.137. The van der Waals surface area contributed by atoms with Gasteiger partial charge in [-0.05, 0) is 65.8 Å². The van der Waals surface area contributed by atoms with Gasteiger partial charge in [-0.1, -0.05) is 92.7 Å². The van der Waals surface area contributed by atoms with E-state index in [1.165, 1.54) is 7.11 Å². The molecule has 2 amide bonds. The first-order valence-corrected chi connectivity index (χ1v) is 21.2. The predicted molar refractivity (Wildman–Crippen MR) is 231 cm³/mol. The van der Waals surface area contributed by atoms with E-state index in [0.717, 1.165) is 76.7 Å². The highest BCUT2D eigenvalue weighted by Gasteiger charge is 2.41. The molecule has 14 heteroatoms. The minimum atomic E-state index is -0.692. The number of benzene rings is 3. The molecule has 3 aromatic carbocycles. The number of nitrogens with one attached hydrogen (secondary N) is 4. The molecule has 13 nitrogen and oxygen atoms in total. The van der Waals surface area contributed by atoms with E-state index in [9.17, 15) is 9.59 Å². The molecule has 312 valence electrons. The zero-order valence-electron chi connectivity index (χ0n) is 34.4. The second-order valence-electron chi connectivity index (χ2n) is 16.0. The first kappa shape index (κ1) is 42.3. The summed E-state index contributed by atoms with van der Waals surface area (Å²) in [5.41, 5.74) is 7.27. The van der Waals surface area contributed by atoms with E-state index in [2.05, 4.69) is 101 Å². The molecule has 5 aromatic rings. The molecular weight excluding hydrogens is 812 g/mol. The van der Waals surface area contributed by atoms with Crippen LogP contribution in [0.3, 0.4) is 0 Å². The number of aromatic nitrogens is 4. The largest absolute Gasteiger partial charge is 0.453 e. The minimum absolute atomic E-state index is 0.0144. The number of hydrogen-bond acceptors (Lipinski definition) is 9. The molecule has 6 atom stereocenters. The van der Waals surface area contributed by atoms with E-state index in [4.69, 9.17) is 24.2 Å². The molecule has 4 N–H and O–H groups in total. The summed E-state index contributed by atoms with van der Waals surface area (Å²) >= 11 is 3.43. The van der Waals surface area contributed by atoms with Crippen molar-refractivity contribution in [2.75, 3.05) is 40.7 Å². The second kappa shape index (κ2) is 19.5. The van der Waals surface area contributed by atoms with Crippen LogP contribution in [0.2, 0.25) is 0 Å². The number of rotatable bonds is 16. The molecule has 7 rings (SSSR count). The Morgan fingerprint density at radius 1 is 0.847 bits per heavy atom. The van der Waals surface area contributed by atoms with Gasteiger partial charge in [0.15, 0.2) is 0 Å². The number of imidazole rings is 2.